The first-order valence-electron chi connectivity index (χ1n) is 10.1. The van der Waals surface area contributed by atoms with Crippen molar-refractivity contribution in [1.82, 2.24) is 4.72 Å². The minimum atomic E-state index is -3.38. The lowest BCUT2D eigenvalue weighted by Crippen LogP contribution is -2.38. The molecule has 6 heteroatoms. The molecule has 0 amide bonds. The smallest absolute Gasteiger partial charge is 0.237 e. The van der Waals surface area contributed by atoms with E-state index in [9.17, 15) is 8.42 Å². The van der Waals surface area contributed by atoms with Crippen LogP contribution in [-0.2, 0) is 10.0 Å². The zero-order valence-corrected chi connectivity index (χ0v) is 17.9. The van der Waals surface area contributed by atoms with E-state index in [-0.39, 0.29) is 0 Å². The quantitative estimate of drug-likeness (QED) is 0.697. The molecule has 0 unspecified atom stereocenters. The number of allylic oxidation sites excluding steroid dienone is 2. The summed E-state index contributed by atoms with van der Waals surface area (Å²) >= 11 is 0. The third-order valence-corrected chi connectivity index (χ3v) is 7.39. The van der Waals surface area contributed by atoms with Crippen LogP contribution in [0.1, 0.15) is 52.9 Å². The van der Waals surface area contributed by atoms with Gasteiger partial charge in [-0.25, -0.2) is 8.42 Å². The Labute approximate surface area is 169 Å². The average Bonchev–Trinajstić information content (AvgIpc) is 3.14. The lowest BCUT2D eigenvalue weighted by molar-refractivity contribution is 0.210. The van der Waals surface area contributed by atoms with E-state index in [0.29, 0.717) is 17.7 Å². The molecule has 154 valence electrons. The van der Waals surface area contributed by atoms with Crippen molar-refractivity contribution in [2.75, 3.05) is 11.9 Å². The van der Waals surface area contributed by atoms with E-state index < -0.39 is 14.8 Å². The Morgan fingerprint density at radius 1 is 1.11 bits per heavy atom. The van der Waals surface area contributed by atoms with Crippen molar-refractivity contribution in [3.05, 3.63) is 48.2 Å². The number of benzene rings is 1. The molecule has 1 fully saturated rings. The van der Waals surface area contributed by atoms with Gasteiger partial charge in [0.05, 0.1) is 10.9 Å². The van der Waals surface area contributed by atoms with E-state index in [1.807, 2.05) is 24.3 Å². The normalized spacial score (nSPS) is 20.7. The van der Waals surface area contributed by atoms with E-state index in [0.717, 1.165) is 37.2 Å². The molecule has 2 N–H and O–H groups in total. The minimum absolute atomic E-state index is 0.331. The second-order valence-electron chi connectivity index (χ2n) is 8.66. The first-order chi connectivity index (χ1) is 13.2. The van der Waals surface area contributed by atoms with Crippen molar-refractivity contribution >= 4 is 15.7 Å². The summed E-state index contributed by atoms with van der Waals surface area (Å²) in [5.74, 6) is 1.27. The number of anilines is 1. The lowest BCUT2D eigenvalue weighted by atomic mass is 9.99. The van der Waals surface area contributed by atoms with Gasteiger partial charge in [-0.05, 0) is 89.1 Å². The van der Waals surface area contributed by atoms with Crippen LogP contribution in [0.25, 0.3) is 0 Å². The third-order valence-electron chi connectivity index (χ3n) is 5.27. The highest BCUT2D eigenvalue weighted by Crippen LogP contribution is 2.25. The molecule has 28 heavy (non-hydrogen) atoms. The number of hydrogen-bond acceptors (Lipinski definition) is 4. The van der Waals surface area contributed by atoms with Crippen LogP contribution < -0.4 is 14.8 Å². The van der Waals surface area contributed by atoms with Crippen LogP contribution >= 0.6 is 0 Å². The summed E-state index contributed by atoms with van der Waals surface area (Å²) in [5.41, 5.74) is 1.72. The SMILES string of the molecule is CC(C)(C)S(=O)(=O)NC1=CC[C@H](CNc2ccc(OC3CCCC3)cc2)C=C1. The molecule has 1 atom stereocenters. The third kappa shape index (κ3) is 5.53. The maximum atomic E-state index is 12.2. The van der Waals surface area contributed by atoms with Gasteiger partial charge in [0.25, 0.3) is 0 Å². The first-order valence-corrected chi connectivity index (χ1v) is 11.6. The number of ether oxygens (including phenoxy) is 1. The predicted molar refractivity (Wildman–Crippen MR) is 115 cm³/mol. The summed E-state index contributed by atoms with van der Waals surface area (Å²) in [5, 5.41) is 3.45. The minimum Gasteiger partial charge on any atom is -0.490 e. The standard InChI is InChI=1S/C22H32N2O3S/c1-22(2,3)28(25,26)24-19-10-8-17(9-11-19)16-23-18-12-14-21(15-13-18)27-20-6-4-5-7-20/h8,10-15,17,20,23-24H,4-7,9,16H2,1-3H3/t17-/m1/s1. The van der Waals surface area contributed by atoms with Crippen molar-refractivity contribution < 1.29 is 13.2 Å². The molecule has 0 bridgehead atoms. The van der Waals surface area contributed by atoms with Crippen LogP contribution in [-0.4, -0.2) is 25.8 Å². The summed E-state index contributed by atoms with van der Waals surface area (Å²) in [6, 6.07) is 8.15. The number of sulfonamides is 1. The maximum absolute atomic E-state index is 12.2. The van der Waals surface area contributed by atoms with Crippen molar-refractivity contribution in [3.63, 3.8) is 0 Å². The van der Waals surface area contributed by atoms with E-state index in [1.54, 1.807) is 20.8 Å². The molecular weight excluding hydrogens is 372 g/mol. The fourth-order valence-corrected chi connectivity index (χ4v) is 4.07. The number of rotatable bonds is 7. The van der Waals surface area contributed by atoms with Crippen LogP contribution in [0.3, 0.4) is 0 Å². The Morgan fingerprint density at radius 3 is 2.36 bits per heavy atom. The highest BCUT2D eigenvalue weighted by molar-refractivity contribution is 7.90. The van der Waals surface area contributed by atoms with Gasteiger partial charge in [-0.2, -0.15) is 0 Å². The van der Waals surface area contributed by atoms with E-state index in [4.69, 9.17) is 4.74 Å². The van der Waals surface area contributed by atoms with Gasteiger partial charge in [0.1, 0.15) is 5.75 Å². The summed E-state index contributed by atoms with van der Waals surface area (Å²) in [7, 11) is -3.38. The van der Waals surface area contributed by atoms with Gasteiger partial charge in [0, 0.05) is 17.9 Å². The summed E-state index contributed by atoms with van der Waals surface area (Å²) in [6.07, 6.45) is 11.9. The van der Waals surface area contributed by atoms with E-state index in [1.165, 1.54) is 12.8 Å². The average molecular weight is 405 g/mol. The van der Waals surface area contributed by atoms with Crippen molar-refractivity contribution in [2.45, 2.75) is 63.7 Å². The molecule has 5 nitrogen and oxygen atoms in total. The van der Waals surface area contributed by atoms with Crippen LogP contribution in [0.4, 0.5) is 5.69 Å². The van der Waals surface area contributed by atoms with Gasteiger partial charge in [-0.1, -0.05) is 12.2 Å². The summed E-state index contributed by atoms with van der Waals surface area (Å²) in [6.45, 7) is 5.88. The van der Waals surface area contributed by atoms with Crippen molar-refractivity contribution in [2.24, 2.45) is 5.92 Å². The molecule has 0 heterocycles. The monoisotopic (exact) mass is 404 g/mol. The molecule has 1 aromatic rings. The molecule has 0 spiro atoms. The Morgan fingerprint density at radius 2 is 1.79 bits per heavy atom. The molecule has 0 saturated heterocycles. The molecule has 0 aliphatic heterocycles. The molecule has 2 aliphatic rings. The second kappa shape index (κ2) is 8.60. The van der Waals surface area contributed by atoms with Gasteiger partial charge < -0.3 is 10.1 Å². The Bertz CT molecular complexity index is 814. The molecule has 2 aliphatic carbocycles. The first kappa shape index (κ1) is 20.8. The molecule has 1 saturated carbocycles. The van der Waals surface area contributed by atoms with Gasteiger partial charge in [-0.3, -0.25) is 4.72 Å². The molecule has 0 aromatic heterocycles. The van der Waals surface area contributed by atoms with Crippen molar-refractivity contribution in [1.29, 1.82) is 0 Å². The zero-order chi connectivity index (χ0) is 20.2. The van der Waals surface area contributed by atoms with Crippen LogP contribution in [0.5, 0.6) is 5.75 Å². The fraction of sp³-hybridized carbons (Fsp3) is 0.545. The van der Waals surface area contributed by atoms with Crippen LogP contribution in [0, 0.1) is 5.92 Å². The van der Waals surface area contributed by atoms with E-state index >= 15 is 0 Å². The Balaban J connectivity index is 1.45. The number of hydrogen-bond donors (Lipinski definition) is 2. The Kier molecular flexibility index (Phi) is 6.38. The van der Waals surface area contributed by atoms with E-state index in [2.05, 4.69) is 28.2 Å². The number of nitrogens with one attached hydrogen (secondary N) is 2. The van der Waals surface area contributed by atoms with Gasteiger partial charge >= 0.3 is 0 Å². The summed E-state index contributed by atoms with van der Waals surface area (Å²) in [4.78, 5) is 0. The van der Waals surface area contributed by atoms with Crippen molar-refractivity contribution in [3.8, 4) is 5.75 Å². The maximum Gasteiger partial charge on any atom is 0.237 e. The zero-order valence-electron chi connectivity index (χ0n) is 17.1. The van der Waals surface area contributed by atoms with Gasteiger partial charge in [-0.15, -0.1) is 0 Å². The van der Waals surface area contributed by atoms with Crippen LogP contribution in [0.2, 0.25) is 0 Å². The topological polar surface area (TPSA) is 67.4 Å². The van der Waals surface area contributed by atoms with Gasteiger partial charge in [0.15, 0.2) is 0 Å². The largest absolute Gasteiger partial charge is 0.490 e. The lowest BCUT2D eigenvalue weighted by Gasteiger charge is -2.23. The highest BCUT2D eigenvalue weighted by atomic mass is 32.2. The van der Waals surface area contributed by atoms with Crippen LogP contribution in [0.15, 0.2) is 48.2 Å². The Hall–Kier alpha value is -1.95. The summed E-state index contributed by atoms with van der Waals surface area (Å²) < 4.78 is 32.3. The van der Waals surface area contributed by atoms with Gasteiger partial charge in [0.2, 0.25) is 10.0 Å². The molecule has 0 radical (unpaired) electrons. The predicted octanol–water partition coefficient (Wildman–Crippen LogP) is 4.60. The molecular formula is C22H32N2O3S. The highest BCUT2D eigenvalue weighted by Gasteiger charge is 2.29. The second-order valence-corrected chi connectivity index (χ2v) is 11.1. The molecule has 1 aromatic carbocycles. The molecule has 3 rings (SSSR count). The fourth-order valence-electron chi connectivity index (χ4n) is 3.30.